The molecule has 1 aromatic carbocycles. The molecule has 0 radical (unpaired) electrons. The number of hydrogen-bond donors (Lipinski definition) is 2. The molecule has 1 aliphatic rings. The summed E-state index contributed by atoms with van der Waals surface area (Å²) in [4.78, 5) is 25.1. The Kier molecular flexibility index (Phi) is 6.40. The van der Waals surface area contributed by atoms with Crippen molar-refractivity contribution in [2.75, 3.05) is 33.3 Å². The summed E-state index contributed by atoms with van der Waals surface area (Å²) in [6.45, 7) is 2.41. The maximum absolute atomic E-state index is 12.2. The first-order valence-electron chi connectivity index (χ1n) is 8.00. The zero-order chi connectivity index (χ0) is 16.7. The minimum atomic E-state index is -0.313. The lowest BCUT2D eigenvalue weighted by Crippen LogP contribution is -2.43. The average Bonchev–Trinajstić information content (AvgIpc) is 2.55. The third kappa shape index (κ3) is 5.56. The SMILES string of the molecule is COc1ccc(CCNC(=O)C2CCN(CC(N)=O)CC2)cc1. The molecule has 0 saturated carbocycles. The molecule has 0 bridgehead atoms. The number of likely N-dealkylation sites (tertiary alicyclic amines) is 1. The van der Waals surface area contributed by atoms with Gasteiger partial charge in [-0.1, -0.05) is 12.1 Å². The normalized spacial score (nSPS) is 16.0. The fourth-order valence-electron chi connectivity index (χ4n) is 2.84. The van der Waals surface area contributed by atoms with Crippen LogP contribution < -0.4 is 15.8 Å². The molecule has 126 valence electrons. The van der Waals surface area contributed by atoms with Crippen LogP contribution in [0.5, 0.6) is 5.75 Å². The number of nitrogens with two attached hydrogens (primary N) is 1. The number of nitrogens with one attached hydrogen (secondary N) is 1. The van der Waals surface area contributed by atoms with Gasteiger partial charge in [0.05, 0.1) is 13.7 Å². The molecule has 0 unspecified atom stereocenters. The molecule has 3 N–H and O–H groups in total. The van der Waals surface area contributed by atoms with E-state index in [4.69, 9.17) is 10.5 Å². The minimum absolute atomic E-state index is 0.0370. The average molecular weight is 319 g/mol. The molecule has 0 spiro atoms. The zero-order valence-corrected chi connectivity index (χ0v) is 13.6. The van der Waals surface area contributed by atoms with E-state index >= 15 is 0 Å². The Hall–Kier alpha value is -2.08. The Morgan fingerprint density at radius 3 is 2.48 bits per heavy atom. The Morgan fingerprint density at radius 1 is 1.26 bits per heavy atom. The Labute approximate surface area is 137 Å². The highest BCUT2D eigenvalue weighted by Crippen LogP contribution is 2.17. The number of rotatable bonds is 7. The van der Waals surface area contributed by atoms with Crippen LogP contribution in [0.15, 0.2) is 24.3 Å². The van der Waals surface area contributed by atoms with E-state index in [1.54, 1.807) is 7.11 Å². The molecule has 2 amide bonds. The molecule has 1 heterocycles. The predicted octanol–water partition coefficient (Wildman–Crippen LogP) is 0.551. The fourth-order valence-corrected chi connectivity index (χ4v) is 2.84. The summed E-state index contributed by atoms with van der Waals surface area (Å²) < 4.78 is 5.12. The molecule has 1 aliphatic heterocycles. The Morgan fingerprint density at radius 2 is 1.91 bits per heavy atom. The van der Waals surface area contributed by atoms with Crippen molar-refractivity contribution in [1.82, 2.24) is 10.2 Å². The quantitative estimate of drug-likeness (QED) is 0.769. The Bertz CT molecular complexity index is 522. The lowest BCUT2D eigenvalue weighted by Gasteiger charge is -2.30. The second-order valence-corrected chi connectivity index (χ2v) is 5.91. The van der Waals surface area contributed by atoms with Gasteiger partial charge >= 0.3 is 0 Å². The van der Waals surface area contributed by atoms with Crippen LogP contribution in [0.3, 0.4) is 0 Å². The van der Waals surface area contributed by atoms with Gasteiger partial charge in [0, 0.05) is 12.5 Å². The smallest absolute Gasteiger partial charge is 0.231 e. The third-order valence-corrected chi connectivity index (χ3v) is 4.21. The van der Waals surface area contributed by atoms with Gasteiger partial charge in [-0.25, -0.2) is 0 Å². The zero-order valence-electron chi connectivity index (χ0n) is 13.6. The summed E-state index contributed by atoms with van der Waals surface area (Å²) >= 11 is 0. The van der Waals surface area contributed by atoms with Crippen LogP contribution >= 0.6 is 0 Å². The number of amides is 2. The highest BCUT2D eigenvalue weighted by molar-refractivity contribution is 5.79. The van der Waals surface area contributed by atoms with Crippen molar-refractivity contribution in [3.63, 3.8) is 0 Å². The molecule has 0 atom stereocenters. The summed E-state index contributed by atoms with van der Waals surface area (Å²) in [5.74, 6) is 0.667. The monoisotopic (exact) mass is 319 g/mol. The van der Waals surface area contributed by atoms with Crippen LogP contribution in [0.2, 0.25) is 0 Å². The first-order valence-corrected chi connectivity index (χ1v) is 8.00. The highest BCUT2D eigenvalue weighted by atomic mass is 16.5. The maximum atomic E-state index is 12.2. The molecule has 6 nitrogen and oxygen atoms in total. The first-order chi connectivity index (χ1) is 11.1. The van der Waals surface area contributed by atoms with Crippen molar-refractivity contribution in [2.24, 2.45) is 11.7 Å². The standard InChI is InChI=1S/C17H25N3O3/c1-23-15-4-2-13(3-5-15)6-9-19-17(22)14-7-10-20(11-8-14)12-16(18)21/h2-5,14H,6-12H2,1H3,(H2,18,21)(H,19,22). The van der Waals surface area contributed by atoms with Crippen molar-refractivity contribution in [3.05, 3.63) is 29.8 Å². The summed E-state index contributed by atoms with van der Waals surface area (Å²) in [5, 5.41) is 3.00. The van der Waals surface area contributed by atoms with E-state index in [-0.39, 0.29) is 24.3 Å². The van der Waals surface area contributed by atoms with Crippen molar-refractivity contribution < 1.29 is 14.3 Å². The van der Waals surface area contributed by atoms with Gasteiger partial charge in [-0.05, 0) is 50.0 Å². The number of methoxy groups -OCH3 is 1. The number of carbonyl (C=O) groups is 2. The summed E-state index contributed by atoms with van der Waals surface area (Å²) in [6.07, 6.45) is 2.36. The second-order valence-electron chi connectivity index (χ2n) is 5.91. The van der Waals surface area contributed by atoms with Crippen LogP contribution in [0.25, 0.3) is 0 Å². The Balaban J connectivity index is 1.68. The van der Waals surface area contributed by atoms with Gasteiger partial charge in [0.25, 0.3) is 0 Å². The molecule has 0 aliphatic carbocycles. The summed E-state index contributed by atoms with van der Waals surface area (Å²) in [6, 6.07) is 7.86. The second kappa shape index (κ2) is 8.53. The van der Waals surface area contributed by atoms with Crippen LogP contribution in [0.4, 0.5) is 0 Å². The van der Waals surface area contributed by atoms with E-state index in [9.17, 15) is 9.59 Å². The number of ether oxygens (including phenoxy) is 1. The van der Waals surface area contributed by atoms with Crippen LogP contribution in [0.1, 0.15) is 18.4 Å². The molecular formula is C17H25N3O3. The lowest BCUT2D eigenvalue weighted by molar-refractivity contribution is -0.126. The molecule has 1 aromatic rings. The predicted molar refractivity (Wildman–Crippen MR) is 88.1 cm³/mol. The van der Waals surface area contributed by atoms with Crippen molar-refractivity contribution in [3.8, 4) is 5.75 Å². The van der Waals surface area contributed by atoms with Crippen molar-refractivity contribution >= 4 is 11.8 Å². The van der Waals surface area contributed by atoms with Crippen LogP contribution in [-0.4, -0.2) is 50.0 Å². The van der Waals surface area contributed by atoms with Gasteiger partial charge in [-0.15, -0.1) is 0 Å². The fraction of sp³-hybridized carbons (Fsp3) is 0.529. The van der Waals surface area contributed by atoms with Crippen molar-refractivity contribution in [1.29, 1.82) is 0 Å². The van der Waals surface area contributed by atoms with Gasteiger partial charge < -0.3 is 15.8 Å². The topological polar surface area (TPSA) is 84.7 Å². The van der Waals surface area contributed by atoms with Crippen LogP contribution in [-0.2, 0) is 16.0 Å². The number of carbonyl (C=O) groups excluding carboxylic acids is 2. The van der Waals surface area contributed by atoms with Gasteiger partial charge in [-0.2, -0.15) is 0 Å². The van der Waals surface area contributed by atoms with Crippen LogP contribution in [0, 0.1) is 5.92 Å². The number of hydrogen-bond acceptors (Lipinski definition) is 4. The maximum Gasteiger partial charge on any atom is 0.231 e. The number of nitrogens with zero attached hydrogens (tertiary/aromatic N) is 1. The molecule has 0 aromatic heterocycles. The van der Waals surface area contributed by atoms with E-state index < -0.39 is 0 Å². The van der Waals surface area contributed by atoms with E-state index in [2.05, 4.69) is 5.32 Å². The molecule has 1 saturated heterocycles. The third-order valence-electron chi connectivity index (χ3n) is 4.21. The van der Waals surface area contributed by atoms with Gasteiger partial charge in [0.1, 0.15) is 5.75 Å². The molecule has 23 heavy (non-hydrogen) atoms. The minimum Gasteiger partial charge on any atom is -0.497 e. The lowest BCUT2D eigenvalue weighted by atomic mass is 9.96. The number of benzene rings is 1. The van der Waals surface area contributed by atoms with Gasteiger partial charge in [-0.3, -0.25) is 14.5 Å². The van der Waals surface area contributed by atoms with E-state index in [0.717, 1.165) is 38.1 Å². The first kappa shape index (κ1) is 17.3. The highest BCUT2D eigenvalue weighted by Gasteiger charge is 2.25. The number of piperidine rings is 1. The van der Waals surface area contributed by atoms with Crippen molar-refractivity contribution in [2.45, 2.75) is 19.3 Å². The largest absolute Gasteiger partial charge is 0.497 e. The van der Waals surface area contributed by atoms with E-state index in [1.807, 2.05) is 29.2 Å². The number of primary amides is 1. The van der Waals surface area contributed by atoms with Gasteiger partial charge in [0.15, 0.2) is 0 Å². The van der Waals surface area contributed by atoms with Gasteiger partial charge in [0.2, 0.25) is 11.8 Å². The molecular weight excluding hydrogens is 294 g/mol. The summed E-state index contributed by atoms with van der Waals surface area (Å²) in [5.41, 5.74) is 6.36. The van der Waals surface area contributed by atoms with E-state index in [1.165, 1.54) is 5.56 Å². The molecule has 2 rings (SSSR count). The molecule has 6 heteroatoms. The van der Waals surface area contributed by atoms with E-state index in [0.29, 0.717) is 6.54 Å². The summed E-state index contributed by atoms with van der Waals surface area (Å²) in [7, 11) is 1.64. The molecule has 1 fully saturated rings.